The van der Waals surface area contributed by atoms with E-state index in [9.17, 15) is 5.11 Å². The number of phenolic OH excluding ortho intramolecular Hbond substituents is 1. The van der Waals surface area contributed by atoms with Crippen molar-refractivity contribution >= 4 is 21.6 Å². The van der Waals surface area contributed by atoms with Crippen molar-refractivity contribution in [3.05, 3.63) is 52.0 Å². The second-order valence-corrected chi connectivity index (χ2v) is 5.63. The van der Waals surface area contributed by atoms with Gasteiger partial charge in [0, 0.05) is 11.3 Å². The van der Waals surface area contributed by atoms with Crippen molar-refractivity contribution in [2.45, 2.75) is 19.9 Å². The molecule has 2 N–H and O–H groups in total. The van der Waals surface area contributed by atoms with E-state index in [1.165, 1.54) is 0 Å². The molecule has 0 saturated carbocycles. The lowest BCUT2D eigenvalue weighted by Crippen LogP contribution is -2.07. The number of aryl methyl sites for hydroxylation is 1. The van der Waals surface area contributed by atoms with Crippen LogP contribution in [-0.4, -0.2) is 12.2 Å². The number of rotatable bonds is 4. The summed E-state index contributed by atoms with van der Waals surface area (Å²) in [6.45, 7) is 4.03. The fourth-order valence-electron chi connectivity index (χ4n) is 2.10. The Bertz CT molecular complexity index is 613. The molecule has 2 rings (SSSR count). The topological polar surface area (TPSA) is 41.5 Å². The summed E-state index contributed by atoms with van der Waals surface area (Å²) < 4.78 is 6.10. The molecule has 4 heteroatoms. The van der Waals surface area contributed by atoms with Gasteiger partial charge in [0.25, 0.3) is 0 Å². The predicted octanol–water partition coefficient (Wildman–Crippen LogP) is 4.64. The standard InChI is InChI=1S/C16H18BrNO2/c1-10-4-6-15(19)13(8-10)11(2)18-12-5-7-16(20-3)14(17)9-12/h4-9,11,18-19H,1-3H3. The number of hydrogen-bond acceptors (Lipinski definition) is 3. The summed E-state index contributed by atoms with van der Waals surface area (Å²) in [5.74, 6) is 1.10. The SMILES string of the molecule is COc1ccc(NC(C)c2cc(C)ccc2O)cc1Br. The van der Waals surface area contributed by atoms with Gasteiger partial charge in [0.15, 0.2) is 0 Å². The largest absolute Gasteiger partial charge is 0.508 e. The average molecular weight is 336 g/mol. The van der Waals surface area contributed by atoms with E-state index in [1.807, 2.05) is 44.2 Å². The highest BCUT2D eigenvalue weighted by Crippen LogP contribution is 2.31. The van der Waals surface area contributed by atoms with E-state index in [0.29, 0.717) is 5.75 Å². The Labute approximate surface area is 127 Å². The highest BCUT2D eigenvalue weighted by molar-refractivity contribution is 9.10. The number of ether oxygens (including phenoxy) is 1. The normalized spacial score (nSPS) is 12.0. The quantitative estimate of drug-likeness (QED) is 0.854. The molecule has 0 bridgehead atoms. The Morgan fingerprint density at radius 3 is 2.60 bits per heavy atom. The molecule has 2 aromatic rings. The lowest BCUT2D eigenvalue weighted by atomic mass is 10.0. The zero-order valence-corrected chi connectivity index (χ0v) is 13.4. The van der Waals surface area contributed by atoms with Crippen molar-refractivity contribution in [2.75, 3.05) is 12.4 Å². The number of methoxy groups -OCH3 is 1. The number of nitrogens with one attached hydrogen (secondary N) is 1. The number of hydrogen-bond donors (Lipinski definition) is 2. The summed E-state index contributed by atoms with van der Waals surface area (Å²) in [6, 6.07) is 11.4. The van der Waals surface area contributed by atoms with Gasteiger partial charge in [-0.1, -0.05) is 17.7 Å². The second-order valence-electron chi connectivity index (χ2n) is 4.78. The molecule has 0 amide bonds. The van der Waals surface area contributed by atoms with Crippen LogP contribution in [0.4, 0.5) is 5.69 Å². The van der Waals surface area contributed by atoms with Crippen molar-refractivity contribution in [1.29, 1.82) is 0 Å². The van der Waals surface area contributed by atoms with E-state index in [4.69, 9.17) is 4.74 Å². The number of aromatic hydroxyl groups is 1. The molecule has 20 heavy (non-hydrogen) atoms. The van der Waals surface area contributed by atoms with Crippen LogP contribution in [0, 0.1) is 6.92 Å². The van der Waals surface area contributed by atoms with E-state index < -0.39 is 0 Å². The lowest BCUT2D eigenvalue weighted by Gasteiger charge is -2.18. The van der Waals surface area contributed by atoms with Gasteiger partial charge in [-0.15, -0.1) is 0 Å². The second kappa shape index (κ2) is 6.18. The first-order valence-corrected chi connectivity index (χ1v) is 7.20. The minimum Gasteiger partial charge on any atom is -0.508 e. The first kappa shape index (κ1) is 14.7. The zero-order chi connectivity index (χ0) is 14.7. The maximum absolute atomic E-state index is 9.95. The summed E-state index contributed by atoms with van der Waals surface area (Å²) in [5.41, 5.74) is 2.98. The van der Waals surface area contributed by atoms with Gasteiger partial charge in [-0.3, -0.25) is 0 Å². The van der Waals surface area contributed by atoms with Gasteiger partial charge < -0.3 is 15.2 Å². The molecule has 1 atom stereocenters. The van der Waals surface area contributed by atoms with Gasteiger partial charge in [-0.2, -0.15) is 0 Å². The molecule has 0 saturated heterocycles. The van der Waals surface area contributed by atoms with Gasteiger partial charge in [0.05, 0.1) is 17.6 Å². The summed E-state index contributed by atoms with van der Waals surface area (Å²) in [5, 5.41) is 13.3. The van der Waals surface area contributed by atoms with Crippen LogP contribution in [0.5, 0.6) is 11.5 Å². The Morgan fingerprint density at radius 2 is 1.95 bits per heavy atom. The Morgan fingerprint density at radius 1 is 1.20 bits per heavy atom. The third-order valence-electron chi connectivity index (χ3n) is 3.18. The van der Waals surface area contributed by atoms with Crippen LogP contribution in [-0.2, 0) is 0 Å². The molecule has 0 spiro atoms. The molecule has 0 radical (unpaired) electrons. The van der Waals surface area contributed by atoms with Gasteiger partial charge in [0.1, 0.15) is 11.5 Å². The summed E-state index contributed by atoms with van der Waals surface area (Å²) in [7, 11) is 1.64. The van der Waals surface area contributed by atoms with Gasteiger partial charge in [0.2, 0.25) is 0 Å². The van der Waals surface area contributed by atoms with Crippen molar-refractivity contribution < 1.29 is 9.84 Å². The summed E-state index contributed by atoms with van der Waals surface area (Å²) in [4.78, 5) is 0. The molecule has 0 aromatic heterocycles. The number of phenols is 1. The van der Waals surface area contributed by atoms with E-state index in [1.54, 1.807) is 13.2 Å². The molecule has 106 valence electrons. The Hall–Kier alpha value is -1.68. The van der Waals surface area contributed by atoms with E-state index in [2.05, 4.69) is 21.2 Å². The minimum atomic E-state index is 0.00944. The first-order chi connectivity index (χ1) is 9.51. The Balaban J connectivity index is 2.21. The fourth-order valence-corrected chi connectivity index (χ4v) is 2.65. The monoisotopic (exact) mass is 335 g/mol. The van der Waals surface area contributed by atoms with Crippen LogP contribution in [0.15, 0.2) is 40.9 Å². The summed E-state index contributed by atoms with van der Waals surface area (Å²) in [6.07, 6.45) is 0. The molecule has 0 aliphatic heterocycles. The van der Waals surface area contributed by atoms with Crippen molar-refractivity contribution in [1.82, 2.24) is 0 Å². The number of anilines is 1. The fraction of sp³-hybridized carbons (Fsp3) is 0.250. The average Bonchev–Trinajstić information content (AvgIpc) is 2.41. The highest BCUT2D eigenvalue weighted by atomic mass is 79.9. The third kappa shape index (κ3) is 3.25. The van der Waals surface area contributed by atoms with Gasteiger partial charge >= 0.3 is 0 Å². The van der Waals surface area contributed by atoms with E-state index in [-0.39, 0.29) is 6.04 Å². The van der Waals surface area contributed by atoms with Crippen molar-refractivity contribution in [3.8, 4) is 11.5 Å². The van der Waals surface area contributed by atoms with Crippen LogP contribution >= 0.6 is 15.9 Å². The molecule has 0 fully saturated rings. The van der Waals surface area contributed by atoms with Crippen molar-refractivity contribution in [2.24, 2.45) is 0 Å². The molecular weight excluding hydrogens is 318 g/mol. The Kier molecular flexibility index (Phi) is 4.55. The highest BCUT2D eigenvalue weighted by Gasteiger charge is 2.11. The molecule has 1 unspecified atom stereocenters. The molecule has 0 aliphatic rings. The first-order valence-electron chi connectivity index (χ1n) is 6.41. The number of halogens is 1. The van der Waals surface area contributed by atoms with Crippen LogP contribution in [0.3, 0.4) is 0 Å². The maximum atomic E-state index is 9.95. The van der Waals surface area contributed by atoms with Gasteiger partial charge in [-0.25, -0.2) is 0 Å². The van der Waals surface area contributed by atoms with Crippen LogP contribution in [0.25, 0.3) is 0 Å². The van der Waals surface area contributed by atoms with Crippen molar-refractivity contribution in [3.63, 3.8) is 0 Å². The molecule has 2 aromatic carbocycles. The lowest BCUT2D eigenvalue weighted by molar-refractivity contribution is 0.412. The maximum Gasteiger partial charge on any atom is 0.133 e. The summed E-state index contributed by atoms with van der Waals surface area (Å²) >= 11 is 3.47. The predicted molar refractivity (Wildman–Crippen MR) is 85.6 cm³/mol. The molecule has 0 heterocycles. The van der Waals surface area contributed by atoms with Gasteiger partial charge in [-0.05, 0) is 54.0 Å². The van der Waals surface area contributed by atoms with E-state index >= 15 is 0 Å². The minimum absolute atomic E-state index is 0.00944. The smallest absolute Gasteiger partial charge is 0.133 e. The van der Waals surface area contributed by atoms with Crippen LogP contribution < -0.4 is 10.1 Å². The molecule has 0 aliphatic carbocycles. The molecule has 3 nitrogen and oxygen atoms in total. The number of benzene rings is 2. The zero-order valence-electron chi connectivity index (χ0n) is 11.8. The third-order valence-corrected chi connectivity index (χ3v) is 3.80. The molecular formula is C16H18BrNO2. The van der Waals surface area contributed by atoms with Crippen LogP contribution in [0.2, 0.25) is 0 Å². The van der Waals surface area contributed by atoms with E-state index in [0.717, 1.165) is 27.0 Å². The van der Waals surface area contributed by atoms with Crippen LogP contribution in [0.1, 0.15) is 24.1 Å².